The van der Waals surface area contributed by atoms with Crippen molar-refractivity contribution in [3.8, 4) is 11.5 Å². The molecule has 23 heavy (non-hydrogen) atoms. The molecule has 3 rings (SSSR count). The Hall–Kier alpha value is -1.26. The van der Waals surface area contributed by atoms with Gasteiger partial charge >= 0.3 is 0 Å². The topological polar surface area (TPSA) is 33.7 Å². The number of hydrogen-bond acceptors (Lipinski definition) is 4. The molecule has 1 heterocycles. The van der Waals surface area contributed by atoms with Gasteiger partial charge in [-0.3, -0.25) is 4.90 Å². The number of nitrogens with one attached hydrogen (secondary N) is 1. The Morgan fingerprint density at radius 3 is 2.13 bits per heavy atom. The lowest BCUT2D eigenvalue weighted by Crippen LogP contribution is -2.47. The maximum Gasteiger partial charge on any atom is 0.122 e. The molecule has 2 fully saturated rings. The van der Waals surface area contributed by atoms with Crippen LogP contribution < -0.4 is 14.8 Å². The molecule has 1 saturated heterocycles. The summed E-state index contributed by atoms with van der Waals surface area (Å²) in [5.74, 6) is 2.55. The molecule has 0 radical (unpaired) electrons. The van der Waals surface area contributed by atoms with Crippen LogP contribution in [-0.4, -0.2) is 45.3 Å². The van der Waals surface area contributed by atoms with E-state index in [9.17, 15) is 0 Å². The Bertz CT molecular complexity index is 454. The van der Waals surface area contributed by atoms with Crippen LogP contribution in [0, 0.1) is 5.92 Å². The summed E-state index contributed by atoms with van der Waals surface area (Å²) in [5, 5.41) is 3.48. The third-order valence-electron chi connectivity index (χ3n) is 5.36. The zero-order chi connectivity index (χ0) is 16.1. The van der Waals surface area contributed by atoms with Crippen LogP contribution in [0.2, 0.25) is 0 Å². The molecular weight excluding hydrogens is 288 g/mol. The summed E-state index contributed by atoms with van der Waals surface area (Å²) < 4.78 is 11.0. The van der Waals surface area contributed by atoms with Crippen LogP contribution in [0.5, 0.6) is 11.5 Å². The van der Waals surface area contributed by atoms with Crippen molar-refractivity contribution < 1.29 is 9.47 Å². The second-order valence-electron chi connectivity index (χ2n) is 6.77. The number of hydrogen-bond donors (Lipinski definition) is 1. The van der Waals surface area contributed by atoms with Crippen LogP contribution in [0.25, 0.3) is 0 Å². The van der Waals surface area contributed by atoms with E-state index >= 15 is 0 Å². The first-order chi connectivity index (χ1) is 11.3. The Labute approximate surface area is 140 Å². The number of nitrogens with zero attached hydrogens (tertiary/aromatic N) is 1. The molecular formula is C19H30N2O2. The van der Waals surface area contributed by atoms with Crippen LogP contribution in [0.3, 0.4) is 0 Å². The van der Waals surface area contributed by atoms with E-state index in [1.807, 2.05) is 6.07 Å². The van der Waals surface area contributed by atoms with Gasteiger partial charge in [-0.05, 0) is 36.5 Å². The highest BCUT2D eigenvalue weighted by molar-refractivity contribution is 5.40. The van der Waals surface area contributed by atoms with E-state index in [-0.39, 0.29) is 0 Å². The van der Waals surface area contributed by atoms with Crippen molar-refractivity contribution in [3.05, 3.63) is 23.8 Å². The highest BCUT2D eigenvalue weighted by Gasteiger charge is 2.31. The molecule has 128 valence electrons. The molecule has 1 aliphatic heterocycles. The second kappa shape index (κ2) is 8.02. The number of piperazine rings is 1. The minimum absolute atomic E-state index is 0.487. The molecule has 1 atom stereocenters. The van der Waals surface area contributed by atoms with E-state index < -0.39 is 0 Å². The number of ether oxygens (including phenoxy) is 2. The lowest BCUT2D eigenvalue weighted by Gasteiger charge is -2.41. The van der Waals surface area contributed by atoms with Gasteiger partial charge in [0.1, 0.15) is 11.5 Å². The van der Waals surface area contributed by atoms with Crippen LogP contribution in [0.4, 0.5) is 0 Å². The molecule has 2 aliphatic rings. The summed E-state index contributed by atoms with van der Waals surface area (Å²) >= 11 is 0. The molecule has 1 aromatic rings. The smallest absolute Gasteiger partial charge is 0.122 e. The van der Waals surface area contributed by atoms with Gasteiger partial charge in [-0.15, -0.1) is 0 Å². The van der Waals surface area contributed by atoms with Gasteiger partial charge in [0.2, 0.25) is 0 Å². The lowest BCUT2D eigenvalue weighted by atomic mass is 9.80. The van der Waals surface area contributed by atoms with E-state index in [4.69, 9.17) is 9.47 Å². The van der Waals surface area contributed by atoms with Crippen molar-refractivity contribution in [1.82, 2.24) is 10.2 Å². The summed E-state index contributed by atoms with van der Waals surface area (Å²) in [6.07, 6.45) is 6.82. The Kier molecular flexibility index (Phi) is 5.79. The molecule has 1 N–H and O–H groups in total. The largest absolute Gasteiger partial charge is 0.497 e. The SMILES string of the molecule is COc1cc(OC)cc([C@H](C2CCCCC2)N2CCNCC2)c1. The van der Waals surface area contributed by atoms with Gasteiger partial charge in [-0.2, -0.15) is 0 Å². The summed E-state index contributed by atoms with van der Waals surface area (Å²) in [7, 11) is 3.47. The minimum atomic E-state index is 0.487. The molecule has 1 aromatic carbocycles. The van der Waals surface area contributed by atoms with Gasteiger partial charge in [0.25, 0.3) is 0 Å². The van der Waals surface area contributed by atoms with Crippen LogP contribution in [0.1, 0.15) is 43.7 Å². The van der Waals surface area contributed by atoms with Crippen molar-refractivity contribution >= 4 is 0 Å². The van der Waals surface area contributed by atoms with Gasteiger partial charge in [-0.25, -0.2) is 0 Å². The average molecular weight is 318 g/mol. The first kappa shape index (κ1) is 16.6. The standard InChI is InChI=1S/C19H30N2O2/c1-22-17-12-16(13-18(14-17)23-2)19(15-6-4-3-5-7-15)21-10-8-20-9-11-21/h12-15,19-20H,3-11H2,1-2H3/t19-/m0/s1. The fourth-order valence-corrected chi connectivity index (χ4v) is 4.19. The van der Waals surface area contributed by atoms with Crippen LogP contribution >= 0.6 is 0 Å². The second-order valence-corrected chi connectivity index (χ2v) is 6.77. The fourth-order valence-electron chi connectivity index (χ4n) is 4.19. The highest BCUT2D eigenvalue weighted by Crippen LogP contribution is 2.40. The minimum Gasteiger partial charge on any atom is -0.497 e. The van der Waals surface area contributed by atoms with E-state index in [2.05, 4.69) is 22.3 Å². The van der Waals surface area contributed by atoms with Gasteiger partial charge in [0.15, 0.2) is 0 Å². The molecule has 0 unspecified atom stereocenters. The lowest BCUT2D eigenvalue weighted by molar-refractivity contribution is 0.103. The van der Waals surface area contributed by atoms with E-state index in [0.717, 1.165) is 43.6 Å². The number of rotatable bonds is 5. The van der Waals surface area contributed by atoms with Crippen molar-refractivity contribution in [3.63, 3.8) is 0 Å². The fraction of sp³-hybridized carbons (Fsp3) is 0.684. The Morgan fingerprint density at radius 1 is 0.957 bits per heavy atom. The van der Waals surface area contributed by atoms with E-state index in [1.54, 1.807) is 14.2 Å². The van der Waals surface area contributed by atoms with Gasteiger partial charge in [0.05, 0.1) is 14.2 Å². The Morgan fingerprint density at radius 2 is 1.57 bits per heavy atom. The average Bonchev–Trinajstić information content (AvgIpc) is 2.63. The molecule has 1 saturated carbocycles. The van der Waals surface area contributed by atoms with Gasteiger partial charge in [0, 0.05) is 38.3 Å². The quantitative estimate of drug-likeness (QED) is 0.904. The number of methoxy groups -OCH3 is 2. The third-order valence-corrected chi connectivity index (χ3v) is 5.36. The summed E-state index contributed by atoms with van der Waals surface area (Å²) in [6, 6.07) is 6.88. The monoisotopic (exact) mass is 318 g/mol. The predicted molar refractivity (Wildman–Crippen MR) is 93.3 cm³/mol. The van der Waals surface area contributed by atoms with Crippen molar-refractivity contribution in [1.29, 1.82) is 0 Å². The van der Waals surface area contributed by atoms with Crippen molar-refractivity contribution in [2.75, 3.05) is 40.4 Å². The van der Waals surface area contributed by atoms with Crippen LogP contribution in [0.15, 0.2) is 18.2 Å². The normalized spacial score (nSPS) is 21.8. The highest BCUT2D eigenvalue weighted by atomic mass is 16.5. The van der Waals surface area contributed by atoms with Gasteiger partial charge < -0.3 is 14.8 Å². The number of benzene rings is 1. The molecule has 0 aromatic heterocycles. The maximum absolute atomic E-state index is 5.51. The Balaban J connectivity index is 1.92. The van der Waals surface area contributed by atoms with Crippen molar-refractivity contribution in [2.45, 2.75) is 38.1 Å². The molecule has 1 aliphatic carbocycles. The molecule has 4 nitrogen and oxygen atoms in total. The first-order valence-corrected chi connectivity index (χ1v) is 8.99. The maximum atomic E-state index is 5.51. The molecule has 0 bridgehead atoms. The zero-order valence-electron chi connectivity index (χ0n) is 14.5. The van der Waals surface area contributed by atoms with Gasteiger partial charge in [-0.1, -0.05) is 19.3 Å². The first-order valence-electron chi connectivity index (χ1n) is 8.99. The summed E-state index contributed by atoms with van der Waals surface area (Å²) in [5.41, 5.74) is 1.36. The van der Waals surface area contributed by atoms with Crippen molar-refractivity contribution in [2.24, 2.45) is 5.92 Å². The third kappa shape index (κ3) is 3.99. The van der Waals surface area contributed by atoms with E-state index in [1.165, 1.54) is 37.7 Å². The predicted octanol–water partition coefficient (Wildman–Crippen LogP) is 3.23. The molecule has 0 spiro atoms. The molecule has 4 heteroatoms. The zero-order valence-corrected chi connectivity index (χ0v) is 14.5. The summed E-state index contributed by atoms with van der Waals surface area (Å²) in [4.78, 5) is 2.67. The summed E-state index contributed by atoms with van der Waals surface area (Å²) in [6.45, 7) is 4.43. The van der Waals surface area contributed by atoms with E-state index in [0.29, 0.717) is 6.04 Å². The molecule has 0 amide bonds. The van der Waals surface area contributed by atoms with Crippen LogP contribution in [-0.2, 0) is 0 Å².